The number of imide groups is 1. The molecule has 0 aromatic carbocycles. The zero-order valence-electron chi connectivity index (χ0n) is 15.5. The fourth-order valence-corrected chi connectivity index (χ4v) is 3.23. The molecular formula is C18H26N6O2. The van der Waals surface area contributed by atoms with Crippen molar-refractivity contribution < 1.29 is 9.59 Å². The first-order valence-electron chi connectivity index (χ1n) is 8.96. The van der Waals surface area contributed by atoms with Gasteiger partial charge in [0, 0.05) is 17.7 Å². The molecule has 1 saturated heterocycles. The fraction of sp³-hybridized carbons (Fsp3) is 0.556. The van der Waals surface area contributed by atoms with E-state index in [-0.39, 0.29) is 18.0 Å². The Kier molecular flexibility index (Phi) is 5.22. The molecule has 0 unspecified atom stereocenters. The summed E-state index contributed by atoms with van der Waals surface area (Å²) in [4.78, 5) is 25.9. The molecule has 0 atom stereocenters. The number of nitrogens with zero attached hydrogens (tertiary/aromatic N) is 4. The van der Waals surface area contributed by atoms with Gasteiger partial charge in [-0.15, -0.1) is 10.2 Å². The van der Waals surface area contributed by atoms with Crippen LogP contribution in [0, 0.1) is 0 Å². The molecular weight excluding hydrogens is 332 g/mol. The first kappa shape index (κ1) is 18.3. The summed E-state index contributed by atoms with van der Waals surface area (Å²) >= 11 is 0. The van der Waals surface area contributed by atoms with Crippen molar-refractivity contribution in [2.45, 2.75) is 45.1 Å². The highest BCUT2D eigenvalue weighted by Crippen LogP contribution is 2.26. The van der Waals surface area contributed by atoms with Crippen molar-refractivity contribution in [2.75, 3.05) is 19.6 Å². The van der Waals surface area contributed by atoms with Gasteiger partial charge in [-0.3, -0.25) is 19.4 Å². The number of amides is 3. The van der Waals surface area contributed by atoms with Crippen LogP contribution in [0.25, 0.3) is 5.65 Å². The van der Waals surface area contributed by atoms with Crippen LogP contribution >= 0.6 is 0 Å². The summed E-state index contributed by atoms with van der Waals surface area (Å²) < 4.78 is 2.03. The number of likely N-dealkylation sites (tertiary alicyclic amines) is 1. The van der Waals surface area contributed by atoms with Crippen LogP contribution in [0.2, 0.25) is 0 Å². The van der Waals surface area contributed by atoms with Crippen molar-refractivity contribution in [2.24, 2.45) is 0 Å². The van der Waals surface area contributed by atoms with E-state index in [0.29, 0.717) is 5.92 Å². The lowest BCUT2D eigenvalue weighted by Crippen LogP contribution is -2.50. The van der Waals surface area contributed by atoms with Crippen LogP contribution in [0.1, 0.15) is 45.4 Å². The Morgan fingerprint density at radius 2 is 1.92 bits per heavy atom. The zero-order valence-corrected chi connectivity index (χ0v) is 15.5. The molecule has 140 valence electrons. The van der Waals surface area contributed by atoms with Crippen LogP contribution in [0.5, 0.6) is 0 Å². The monoisotopic (exact) mass is 358 g/mol. The van der Waals surface area contributed by atoms with E-state index in [1.54, 1.807) is 0 Å². The van der Waals surface area contributed by atoms with Crippen LogP contribution in [-0.4, -0.2) is 56.6 Å². The van der Waals surface area contributed by atoms with Crippen LogP contribution in [0.15, 0.2) is 24.4 Å². The SMILES string of the molecule is CC(C)(C)NC(=O)NC(=O)CN1CCC(c2nnc3ccccn23)CC1. The maximum absolute atomic E-state index is 12.1. The van der Waals surface area contributed by atoms with Gasteiger partial charge in [0.25, 0.3) is 0 Å². The molecule has 0 bridgehead atoms. The van der Waals surface area contributed by atoms with Gasteiger partial charge in [0.05, 0.1) is 6.54 Å². The lowest BCUT2D eigenvalue weighted by molar-refractivity contribution is -0.121. The van der Waals surface area contributed by atoms with Crippen molar-refractivity contribution in [3.05, 3.63) is 30.2 Å². The third kappa shape index (κ3) is 4.57. The average molecular weight is 358 g/mol. The Balaban J connectivity index is 1.49. The first-order valence-corrected chi connectivity index (χ1v) is 8.96. The smallest absolute Gasteiger partial charge is 0.321 e. The predicted octanol–water partition coefficient (Wildman–Crippen LogP) is 1.53. The van der Waals surface area contributed by atoms with Gasteiger partial charge in [-0.1, -0.05) is 6.07 Å². The Morgan fingerprint density at radius 3 is 2.62 bits per heavy atom. The van der Waals surface area contributed by atoms with Crippen molar-refractivity contribution in [3.8, 4) is 0 Å². The van der Waals surface area contributed by atoms with Crippen molar-refractivity contribution in [1.29, 1.82) is 0 Å². The molecule has 26 heavy (non-hydrogen) atoms. The van der Waals surface area contributed by atoms with Gasteiger partial charge in [-0.25, -0.2) is 4.79 Å². The van der Waals surface area contributed by atoms with Crippen LogP contribution < -0.4 is 10.6 Å². The summed E-state index contributed by atoms with van der Waals surface area (Å²) in [7, 11) is 0. The lowest BCUT2D eigenvalue weighted by atomic mass is 9.96. The Labute approximate surface area is 153 Å². The second kappa shape index (κ2) is 7.41. The largest absolute Gasteiger partial charge is 0.333 e. The summed E-state index contributed by atoms with van der Waals surface area (Å²) in [5, 5.41) is 13.7. The van der Waals surface area contributed by atoms with E-state index in [0.717, 1.165) is 37.4 Å². The molecule has 2 aromatic heterocycles. The van der Waals surface area contributed by atoms with Crippen molar-refractivity contribution in [3.63, 3.8) is 0 Å². The number of nitrogens with one attached hydrogen (secondary N) is 2. The topological polar surface area (TPSA) is 91.6 Å². The van der Waals surface area contributed by atoms with Crippen molar-refractivity contribution in [1.82, 2.24) is 30.1 Å². The highest BCUT2D eigenvalue weighted by atomic mass is 16.2. The Hall–Kier alpha value is -2.48. The van der Waals surface area contributed by atoms with Gasteiger partial charge in [0.15, 0.2) is 5.65 Å². The van der Waals surface area contributed by atoms with Gasteiger partial charge in [0.2, 0.25) is 5.91 Å². The second-order valence-corrected chi connectivity index (χ2v) is 7.79. The molecule has 0 saturated carbocycles. The molecule has 1 fully saturated rings. The quantitative estimate of drug-likeness (QED) is 0.868. The number of fused-ring (bicyclic) bond motifs is 1. The number of hydrogen-bond donors (Lipinski definition) is 2. The minimum Gasteiger partial charge on any atom is -0.333 e. The molecule has 8 heteroatoms. The number of aromatic nitrogens is 3. The van der Waals surface area contributed by atoms with Gasteiger partial charge in [-0.2, -0.15) is 0 Å². The number of pyridine rings is 1. The normalized spacial score (nSPS) is 16.6. The van der Waals surface area contributed by atoms with Gasteiger partial charge in [-0.05, 0) is 58.8 Å². The van der Waals surface area contributed by atoms with Gasteiger partial charge >= 0.3 is 6.03 Å². The number of urea groups is 1. The van der Waals surface area contributed by atoms with E-state index in [1.165, 1.54) is 0 Å². The fourth-order valence-electron chi connectivity index (χ4n) is 3.23. The number of carbonyl (C=O) groups is 2. The number of carbonyl (C=O) groups excluding carboxylic acids is 2. The molecule has 2 aromatic rings. The molecule has 3 amide bonds. The van der Waals surface area contributed by atoms with Crippen LogP contribution in [0.3, 0.4) is 0 Å². The minimum atomic E-state index is -0.452. The van der Waals surface area contributed by atoms with Gasteiger partial charge < -0.3 is 5.32 Å². The van der Waals surface area contributed by atoms with Gasteiger partial charge in [0.1, 0.15) is 5.82 Å². The third-order valence-corrected chi connectivity index (χ3v) is 4.40. The molecule has 3 rings (SSSR count). The molecule has 0 spiro atoms. The van der Waals surface area contributed by atoms with E-state index in [2.05, 4.69) is 25.7 Å². The molecule has 1 aliphatic heterocycles. The zero-order chi connectivity index (χ0) is 18.7. The number of piperidine rings is 1. The molecule has 2 N–H and O–H groups in total. The first-order chi connectivity index (χ1) is 12.3. The van der Waals surface area contributed by atoms with E-state index in [4.69, 9.17) is 0 Å². The molecule has 1 aliphatic rings. The summed E-state index contributed by atoms with van der Waals surface area (Å²) in [5.41, 5.74) is 0.484. The summed E-state index contributed by atoms with van der Waals surface area (Å²) in [6.45, 7) is 7.42. The van der Waals surface area contributed by atoms with E-state index < -0.39 is 6.03 Å². The lowest BCUT2D eigenvalue weighted by Gasteiger charge is -2.30. The Morgan fingerprint density at radius 1 is 1.19 bits per heavy atom. The minimum absolute atomic E-state index is 0.227. The third-order valence-electron chi connectivity index (χ3n) is 4.40. The predicted molar refractivity (Wildman–Crippen MR) is 97.8 cm³/mol. The highest BCUT2D eigenvalue weighted by molar-refractivity contribution is 5.95. The summed E-state index contributed by atoms with van der Waals surface area (Å²) in [5.74, 6) is 1.03. The van der Waals surface area contributed by atoms with Crippen molar-refractivity contribution >= 4 is 17.6 Å². The average Bonchev–Trinajstić information content (AvgIpc) is 2.97. The van der Waals surface area contributed by atoms with Crippen LogP contribution in [-0.2, 0) is 4.79 Å². The number of rotatable bonds is 3. The second-order valence-electron chi connectivity index (χ2n) is 7.79. The number of hydrogen-bond acceptors (Lipinski definition) is 5. The molecule has 3 heterocycles. The summed E-state index contributed by atoms with van der Waals surface area (Å²) in [6.07, 6.45) is 3.81. The van der Waals surface area contributed by atoms with E-state index in [1.807, 2.05) is 49.6 Å². The van der Waals surface area contributed by atoms with E-state index >= 15 is 0 Å². The summed E-state index contributed by atoms with van der Waals surface area (Å²) in [6, 6.07) is 5.41. The van der Waals surface area contributed by atoms with E-state index in [9.17, 15) is 9.59 Å². The maximum atomic E-state index is 12.1. The molecule has 0 radical (unpaired) electrons. The standard InChI is InChI=1S/C18H26N6O2/c1-18(2,3)20-17(26)19-15(25)12-23-10-7-13(8-11-23)16-22-21-14-6-4-5-9-24(14)16/h4-6,9,13H,7-8,10-12H2,1-3H3,(H2,19,20,25,26). The highest BCUT2D eigenvalue weighted by Gasteiger charge is 2.26. The Bertz CT molecular complexity index is 786. The molecule has 0 aliphatic carbocycles. The molecule has 8 nitrogen and oxygen atoms in total. The maximum Gasteiger partial charge on any atom is 0.321 e. The van der Waals surface area contributed by atoms with Crippen LogP contribution in [0.4, 0.5) is 4.79 Å².